The molecule has 2 heterocycles. The largest absolute Gasteiger partial charge is 0.309 e. The van der Waals surface area contributed by atoms with E-state index in [0.29, 0.717) is 17.5 Å². The molecule has 0 saturated carbocycles. The second kappa shape index (κ2) is 11.2. The summed E-state index contributed by atoms with van der Waals surface area (Å²) >= 11 is 0. The lowest BCUT2D eigenvalue weighted by molar-refractivity contribution is 1.07. The van der Waals surface area contributed by atoms with Gasteiger partial charge in [0.15, 0.2) is 17.5 Å². The number of hydrogen-bond acceptors (Lipinski definition) is 3. The highest BCUT2D eigenvalue weighted by Gasteiger charge is 2.17. The molecule has 0 unspecified atom stereocenters. The van der Waals surface area contributed by atoms with Crippen LogP contribution in [-0.2, 0) is 0 Å². The van der Waals surface area contributed by atoms with Crippen LogP contribution in [0.4, 0.5) is 0 Å². The molecule has 0 radical (unpaired) electrons. The number of nitrogens with zero attached hydrogens (tertiary/aromatic N) is 4. The number of para-hydroxylation sites is 1. The van der Waals surface area contributed by atoms with Crippen molar-refractivity contribution in [2.45, 2.75) is 20.8 Å². The predicted molar refractivity (Wildman–Crippen MR) is 190 cm³/mol. The van der Waals surface area contributed by atoms with Gasteiger partial charge in [0.25, 0.3) is 0 Å². The molecule has 4 nitrogen and oxygen atoms in total. The summed E-state index contributed by atoms with van der Waals surface area (Å²) in [4.78, 5) is 14.9. The molecule has 8 aromatic rings. The van der Waals surface area contributed by atoms with E-state index in [-0.39, 0.29) is 0 Å². The van der Waals surface area contributed by atoms with Gasteiger partial charge in [0, 0.05) is 33.2 Å². The van der Waals surface area contributed by atoms with Gasteiger partial charge in [-0.2, -0.15) is 0 Å². The highest BCUT2D eigenvalue weighted by atomic mass is 15.0. The van der Waals surface area contributed by atoms with E-state index < -0.39 is 0 Å². The van der Waals surface area contributed by atoms with E-state index in [2.05, 4.69) is 104 Å². The van der Waals surface area contributed by atoms with Gasteiger partial charge in [-0.05, 0) is 67.3 Å². The van der Waals surface area contributed by atoms with Crippen molar-refractivity contribution in [2.24, 2.45) is 0 Å². The minimum atomic E-state index is 0.641. The maximum absolute atomic E-state index is 5.00. The predicted octanol–water partition coefficient (Wildman–Crippen LogP) is 10.6. The molecule has 0 atom stereocenters. The van der Waals surface area contributed by atoms with Crippen LogP contribution < -0.4 is 0 Å². The highest BCUT2D eigenvalue weighted by Crippen LogP contribution is 2.37. The summed E-state index contributed by atoms with van der Waals surface area (Å²) in [5.74, 6) is 1.95. The second-order valence-corrected chi connectivity index (χ2v) is 11.9. The van der Waals surface area contributed by atoms with E-state index in [0.717, 1.165) is 27.9 Å². The maximum Gasteiger partial charge on any atom is 0.164 e. The molecule has 2 aromatic heterocycles. The normalized spacial score (nSPS) is 11.4. The summed E-state index contributed by atoms with van der Waals surface area (Å²) in [5, 5.41) is 2.45. The molecule has 0 aliphatic heterocycles. The minimum Gasteiger partial charge on any atom is -0.309 e. The first-order chi connectivity index (χ1) is 22.5. The lowest BCUT2D eigenvalue weighted by Crippen LogP contribution is -2.01. The van der Waals surface area contributed by atoms with Crippen LogP contribution in [0.3, 0.4) is 0 Å². The fourth-order valence-corrected chi connectivity index (χ4v) is 6.76. The molecule has 0 N–H and O–H groups in total. The van der Waals surface area contributed by atoms with Crippen molar-refractivity contribution >= 4 is 21.8 Å². The first-order valence-electron chi connectivity index (χ1n) is 15.6. The van der Waals surface area contributed by atoms with Crippen molar-refractivity contribution in [3.05, 3.63) is 156 Å². The Morgan fingerprint density at radius 2 is 0.957 bits per heavy atom. The number of rotatable bonds is 5. The molecule has 0 bridgehead atoms. The van der Waals surface area contributed by atoms with Gasteiger partial charge in [0.1, 0.15) is 0 Å². The van der Waals surface area contributed by atoms with Crippen molar-refractivity contribution < 1.29 is 0 Å². The molecule has 8 rings (SSSR count). The second-order valence-electron chi connectivity index (χ2n) is 11.9. The zero-order chi connectivity index (χ0) is 31.2. The summed E-state index contributed by atoms with van der Waals surface area (Å²) in [6.45, 7) is 6.58. The molecular weight excluding hydrogens is 560 g/mol. The van der Waals surface area contributed by atoms with Crippen LogP contribution in [0.1, 0.15) is 16.7 Å². The van der Waals surface area contributed by atoms with Crippen molar-refractivity contribution in [2.75, 3.05) is 0 Å². The number of fused-ring (bicyclic) bond motifs is 3. The molecule has 0 aliphatic rings. The summed E-state index contributed by atoms with van der Waals surface area (Å²) in [7, 11) is 0. The van der Waals surface area contributed by atoms with Crippen LogP contribution in [0.25, 0.3) is 72.8 Å². The van der Waals surface area contributed by atoms with Crippen LogP contribution in [0.2, 0.25) is 0 Å². The molecule has 6 aromatic carbocycles. The summed E-state index contributed by atoms with van der Waals surface area (Å²) in [6.07, 6.45) is 0. The molecule has 46 heavy (non-hydrogen) atoms. The Balaban J connectivity index is 1.33. The fourth-order valence-electron chi connectivity index (χ4n) is 6.76. The standard InChI is InChI=1S/C42H32N4/c1-27-23-28(2)39(29(3)24-27)32-21-22-36-35-19-10-11-20-37(35)46(38(36)26-32)34-18-12-17-33(25-34)42-44-40(30-13-6-4-7-14-30)43-41(45-42)31-15-8-5-9-16-31/h4-26H,1-3H3. The van der Waals surface area contributed by atoms with Gasteiger partial charge >= 0.3 is 0 Å². The third kappa shape index (κ3) is 4.85. The molecule has 4 heteroatoms. The molecule has 0 aliphatic carbocycles. The first kappa shape index (κ1) is 27.7. The molecule has 0 amide bonds. The van der Waals surface area contributed by atoms with Gasteiger partial charge in [-0.25, -0.2) is 15.0 Å². The quantitative estimate of drug-likeness (QED) is 0.200. The number of aryl methyl sites for hydroxylation is 3. The van der Waals surface area contributed by atoms with Crippen LogP contribution in [0.5, 0.6) is 0 Å². The number of aromatic nitrogens is 4. The zero-order valence-corrected chi connectivity index (χ0v) is 26.1. The van der Waals surface area contributed by atoms with Gasteiger partial charge in [-0.15, -0.1) is 0 Å². The number of hydrogen-bond donors (Lipinski definition) is 0. The molecule has 0 spiro atoms. The number of benzene rings is 6. The Labute approximate surface area is 268 Å². The molecular formula is C42H32N4. The topological polar surface area (TPSA) is 43.6 Å². The van der Waals surface area contributed by atoms with Gasteiger partial charge in [0.2, 0.25) is 0 Å². The molecule has 220 valence electrons. The van der Waals surface area contributed by atoms with Crippen LogP contribution in [0, 0.1) is 20.8 Å². The van der Waals surface area contributed by atoms with E-state index >= 15 is 0 Å². The summed E-state index contributed by atoms with van der Waals surface area (Å²) in [6, 6.07) is 48.8. The minimum absolute atomic E-state index is 0.641. The van der Waals surface area contributed by atoms with Crippen LogP contribution >= 0.6 is 0 Å². The van der Waals surface area contributed by atoms with E-state index in [1.165, 1.54) is 44.1 Å². The third-order valence-corrected chi connectivity index (χ3v) is 8.70. The van der Waals surface area contributed by atoms with Crippen LogP contribution in [-0.4, -0.2) is 19.5 Å². The average Bonchev–Trinajstić information content (AvgIpc) is 3.42. The SMILES string of the molecule is Cc1cc(C)c(-c2ccc3c4ccccc4n(-c4cccc(-c5nc(-c6ccccc6)nc(-c6ccccc6)n5)c4)c3c2)c(C)c1. The van der Waals surface area contributed by atoms with E-state index in [1.807, 2.05) is 60.7 Å². The van der Waals surface area contributed by atoms with Gasteiger partial charge in [0.05, 0.1) is 11.0 Å². The van der Waals surface area contributed by atoms with E-state index in [4.69, 9.17) is 15.0 Å². The van der Waals surface area contributed by atoms with Crippen molar-refractivity contribution in [3.63, 3.8) is 0 Å². The summed E-state index contributed by atoms with van der Waals surface area (Å²) < 4.78 is 2.37. The fraction of sp³-hybridized carbons (Fsp3) is 0.0714. The van der Waals surface area contributed by atoms with E-state index in [9.17, 15) is 0 Å². The van der Waals surface area contributed by atoms with Crippen LogP contribution in [0.15, 0.2) is 140 Å². The van der Waals surface area contributed by atoms with Gasteiger partial charge in [-0.3, -0.25) is 0 Å². The maximum atomic E-state index is 5.00. The molecule has 0 fully saturated rings. The van der Waals surface area contributed by atoms with Crippen molar-refractivity contribution in [1.82, 2.24) is 19.5 Å². The Bertz CT molecular complexity index is 2310. The lowest BCUT2D eigenvalue weighted by atomic mass is 9.93. The monoisotopic (exact) mass is 592 g/mol. The molecule has 0 saturated heterocycles. The van der Waals surface area contributed by atoms with Gasteiger partial charge in [-0.1, -0.05) is 121 Å². The Hall–Kier alpha value is -5.87. The summed E-state index contributed by atoms with van der Waals surface area (Å²) in [5.41, 5.74) is 12.6. The van der Waals surface area contributed by atoms with E-state index in [1.54, 1.807) is 0 Å². The Morgan fingerprint density at radius 3 is 1.61 bits per heavy atom. The van der Waals surface area contributed by atoms with Crippen molar-refractivity contribution in [3.8, 4) is 51.0 Å². The smallest absolute Gasteiger partial charge is 0.164 e. The lowest BCUT2D eigenvalue weighted by Gasteiger charge is -2.14. The average molecular weight is 593 g/mol. The Kier molecular flexibility index (Phi) is 6.76. The zero-order valence-electron chi connectivity index (χ0n) is 26.1. The third-order valence-electron chi connectivity index (χ3n) is 8.70. The first-order valence-corrected chi connectivity index (χ1v) is 15.6. The highest BCUT2D eigenvalue weighted by molar-refractivity contribution is 6.10. The van der Waals surface area contributed by atoms with Crippen molar-refractivity contribution in [1.29, 1.82) is 0 Å². The van der Waals surface area contributed by atoms with Gasteiger partial charge < -0.3 is 4.57 Å². The Morgan fingerprint density at radius 1 is 0.413 bits per heavy atom.